The smallest absolute Gasteiger partial charge is 0.123 e. The highest BCUT2D eigenvalue weighted by atomic mass is 32.1. The molecule has 1 N–H and O–H groups in total. The summed E-state index contributed by atoms with van der Waals surface area (Å²) in [6.07, 6.45) is 4.95. The quantitative estimate of drug-likeness (QED) is 0.723. The van der Waals surface area contributed by atoms with Gasteiger partial charge in [0.2, 0.25) is 0 Å². The van der Waals surface area contributed by atoms with Gasteiger partial charge in [0.15, 0.2) is 0 Å². The number of rotatable bonds is 5. The molecule has 0 saturated carbocycles. The Hall–Kier alpha value is -1.78. The Balaban J connectivity index is 1.83. The fraction of sp³-hybridized carbons (Fsp3) is 0.250. The molecule has 20 heavy (non-hydrogen) atoms. The SMILES string of the molecule is CCCNCc1cnc(-c2ccc3ncccc3c2)s1. The molecule has 3 aromatic rings. The fourth-order valence-corrected chi connectivity index (χ4v) is 3.00. The normalized spacial score (nSPS) is 11.1. The Labute approximate surface area is 122 Å². The van der Waals surface area contributed by atoms with Gasteiger partial charge in [-0.2, -0.15) is 0 Å². The maximum atomic E-state index is 4.53. The molecule has 0 radical (unpaired) electrons. The molecule has 0 amide bonds. The second-order valence-corrected chi connectivity index (χ2v) is 5.83. The lowest BCUT2D eigenvalue weighted by Crippen LogP contribution is -2.12. The van der Waals surface area contributed by atoms with E-state index in [-0.39, 0.29) is 0 Å². The average Bonchev–Trinajstić information content (AvgIpc) is 2.96. The number of pyridine rings is 1. The molecule has 0 spiro atoms. The molecule has 0 aliphatic carbocycles. The van der Waals surface area contributed by atoms with Crippen molar-refractivity contribution in [3.05, 3.63) is 47.6 Å². The van der Waals surface area contributed by atoms with E-state index < -0.39 is 0 Å². The van der Waals surface area contributed by atoms with Gasteiger partial charge in [0.25, 0.3) is 0 Å². The first-order valence-electron chi connectivity index (χ1n) is 6.87. The van der Waals surface area contributed by atoms with Gasteiger partial charge in [0, 0.05) is 34.8 Å². The maximum Gasteiger partial charge on any atom is 0.123 e. The first-order valence-corrected chi connectivity index (χ1v) is 7.69. The lowest BCUT2D eigenvalue weighted by atomic mass is 10.1. The van der Waals surface area contributed by atoms with Crippen molar-refractivity contribution in [2.24, 2.45) is 0 Å². The van der Waals surface area contributed by atoms with E-state index in [9.17, 15) is 0 Å². The summed E-state index contributed by atoms with van der Waals surface area (Å²) in [5.74, 6) is 0. The Bertz CT molecular complexity index is 706. The van der Waals surface area contributed by atoms with Crippen molar-refractivity contribution in [3.63, 3.8) is 0 Å². The summed E-state index contributed by atoms with van der Waals surface area (Å²) >= 11 is 1.75. The second-order valence-electron chi connectivity index (χ2n) is 4.72. The number of benzene rings is 1. The molecule has 2 aromatic heterocycles. The van der Waals surface area contributed by atoms with Gasteiger partial charge in [-0.05, 0) is 37.2 Å². The van der Waals surface area contributed by atoms with Crippen LogP contribution in [0.1, 0.15) is 18.2 Å². The molecule has 1 aromatic carbocycles. The molecule has 0 aliphatic rings. The van der Waals surface area contributed by atoms with Crippen LogP contribution in [-0.2, 0) is 6.54 Å². The topological polar surface area (TPSA) is 37.8 Å². The second kappa shape index (κ2) is 6.11. The summed E-state index contributed by atoms with van der Waals surface area (Å²) < 4.78 is 0. The number of aromatic nitrogens is 2. The molecule has 0 unspecified atom stereocenters. The van der Waals surface area contributed by atoms with Crippen LogP contribution in [0.15, 0.2) is 42.7 Å². The third kappa shape index (κ3) is 2.86. The number of thiazole rings is 1. The molecule has 0 atom stereocenters. The first-order chi connectivity index (χ1) is 9.86. The van der Waals surface area contributed by atoms with E-state index >= 15 is 0 Å². The van der Waals surface area contributed by atoms with Crippen LogP contribution in [0, 0.1) is 0 Å². The lowest BCUT2D eigenvalue weighted by molar-refractivity contribution is 0.681. The standard InChI is InChI=1S/C16H17N3S/c1-2-7-17-10-14-11-19-16(20-14)13-5-6-15-12(9-13)4-3-8-18-15/h3-6,8-9,11,17H,2,7,10H2,1H3. The molecule has 4 heteroatoms. The van der Waals surface area contributed by atoms with Crippen LogP contribution >= 0.6 is 11.3 Å². The van der Waals surface area contributed by atoms with Crippen molar-refractivity contribution in [2.75, 3.05) is 6.54 Å². The van der Waals surface area contributed by atoms with E-state index in [0.29, 0.717) is 0 Å². The fourth-order valence-electron chi connectivity index (χ4n) is 2.12. The van der Waals surface area contributed by atoms with Crippen molar-refractivity contribution < 1.29 is 0 Å². The Morgan fingerprint density at radius 3 is 3.05 bits per heavy atom. The zero-order chi connectivity index (χ0) is 13.8. The highest BCUT2D eigenvalue weighted by Crippen LogP contribution is 2.27. The number of nitrogens with one attached hydrogen (secondary N) is 1. The minimum atomic E-state index is 0.903. The highest BCUT2D eigenvalue weighted by Gasteiger charge is 2.05. The van der Waals surface area contributed by atoms with Crippen molar-refractivity contribution in [1.29, 1.82) is 0 Å². The molecule has 0 bridgehead atoms. The molecule has 0 fully saturated rings. The van der Waals surface area contributed by atoms with Gasteiger partial charge in [-0.3, -0.25) is 4.98 Å². The Morgan fingerprint density at radius 2 is 2.15 bits per heavy atom. The van der Waals surface area contributed by atoms with E-state index in [4.69, 9.17) is 0 Å². The van der Waals surface area contributed by atoms with Crippen LogP contribution in [0.5, 0.6) is 0 Å². The summed E-state index contributed by atoms with van der Waals surface area (Å²) in [6, 6.07) is 10.4. The van der Waals surface area contributed by atoms with Gasteiger partial charge in [-0.1, -0.05) is 13.0 Å². The molecule has 2 heterocycles. The number of nitrogens with zero attached hydrogens (tertiary/aromatic N) is 2. The predicted octanol–water partition coefficient (Wildman–Crippen LogP) is 3.86. The van der Waals surface area contributed by atoms with Gasteiger partial charge in [0.1, 0.15) is 5.01 Å². The monoisotopic (exact) mass is 283 g/mol. The lowest BCUT2D eigenvalue weighted by Gasteiger charge is -2.00. The van der Waals surface area contributed by atoms with Crippen LogP contribution < -0.4 is 5.32 Å². The van der Waals surface area contributed by atoms with Crippen LogP contribution in [0.4, 0.5) is 0 Å². The summed E-state index contributed by atoms with van der Waals surface area (Å²) in [7, 11) is 0. The van der Waals surface area contributed by atoms with Crippen LogP contribution in [0.3, 0.4) is 0 Å². The number of hydrogen-bond donors (Lipinski definition) is 1. The summed E-state index contributed by atoms with van der Waals surface area (Å²) in [5.41, 5.74) is 2.19. The maximum absolute atomic E-state index is 4.53. The van der Waals surface area contributed by atoms with Crippen molar-refractivity contribution >= 4 is 22.2 Å². The average molecular weight is 283 g/mol. The van der Waals surface area contributed by atoms with Gasteiger partial charge in [-0.15, -0.1) is 11.3 Å². The Morgan fingerprint density at radius 1 is 1.20 bits per heavy atom. The largest absolute Gasteiger partial charge is 0.312 e. The third-order valence-electron chi connectivity index (χ3n) is 3.13. The van der Waals surface area contributed by atoms with E-state index in [2.05, 4.69) is 46.5 Å². The molecule has 3 rings (SSSR count). The van der Waals surface area contributed by atoms with E-state index in [0.717, 1.165) is 41.0 Å². The summed E-state index contributed by atoms with van der Waals surface area (Å²) in [4.78, 5) is 10.2. The van der Waals surface area contributed by atoms with Crippen LogP contribution in [0.2, 0.25) is 0 Å². The first kappa shape index (κ1) is 13.2. The van der Waals surface area contributed by atoms with Gasteiger partial charge in [-0.25, -0.2) is 4.98 Å². The Kier molecular flexibility index (Phi) is 4.04. The minimum absolute atomic E-state index is 0.903. The third-order valence-corrected chi connectivity index (χ3v) is 4.18. The van der Waals surface area contributed by atoms with Crippen molar-refractivity contribution in [2.45, 2.75) is 19.9 Å². The van der Waals surface area contributed by atoms with E-state index in [1.54, 1.807) is 11.3 Å². The van der Waals surface area contributed by atoms with Crippen LogP contribution in [0.25, 0.3) is 21.5 Å². The number of hydrogen-bond acceptors (Lipinski definition) is 4. The van der Waals surface area contributed by atoms with Crippen molar-refractivity contribution in [1.82, 2.24) is 15.3 Å². The van der Waals surface area contributed by atoms with E-state index in [1.807, 2.05) is 18.5 Å². The molecule has 102 valence electrons. The van der Waals surface area contributed by atoms with Crippen molar-refractivity contribution in [3.8, 4) is 10.6 Å². The zero-order valence-corrected chi connectivity index (χ0v) is 12.3. The molecule has 0 saturated heterocycles. The van der Waals surface area contributed by atoms with Crippen LogP contribution in [-0.4, -0.2) is 16.5 Å². The molecule has 0 aliphatic heterocycles. The van der Waals surface area contributed by atoms with Gasteiger partial charge >= 0.3 is 0 Å². The molecule has 3 nitrogen and oxygen atoms in total. The minimum Gasteiger partial charge on any atom is -0.312 e. The number of fused-ring (bicyclic) bond motifs is 1. The van der Waals surface area contributed by atoms with Gasteiger partial charge in [0.05, 0.1) is 5.52 Å². The summed E-state index contributed by atoms with van der Waals surface area (Å²) in [5, 5.41) is 5.64. The zero-order valence-electron chi connectivity index (χ0n) is 11.5. The molecular weight excluding hydrogens is 266 g/mol. The highest BCUT2D eigenvalue weighted by molar-refractivity contribution is 7.15. The van der Waals surface area contributed by atoms with E-state index in [1.165, 1.54) is 4.88 Å². The predicted molar refractivity (Wildman–Crippen MR) is 84.8 cm³/mol. The van der Waals surface area contributed by atoms with Gasteiger partial charge < -0.3 is 5.32 Å². The summed E-state index contributed by atoms with van der Waals surface area (Å²) in [6.45, 7) is 4.13. The molecular formula is C16H17N3S.